The van der Waals surface area contributed by atoms with Crippen LogP contribution in [-0.4, -0.2) is 45.2 Å². The van der Waals surface area contributed by atoms with Crippen LogP contribution >= 0.6 is 0 Å². The summed E-state index contributed by atoms with van der Waals surface area (Å²) in [6.07, 6.45) is 5.14. The number of fused-ring (bicyclic) bond motifs is 1. The second-order valence-corrected chi connectivity index (χ2v) is 9.09. The van der Waals surface area contributed by atoms with E-state index in [2.05, 4.69) is 16.8 Å². The molecule has 4 aromatic rings. The van der Waals surface area contributed by atoms with Crippen LogP contribution in [0.25, 0.3) is 28.0 Å². The molecule has 1 saturated heterocycles. The third-order valence-electron chi connectivity index (χ3n) is 6.55. The van der Waals surface area contributed by atoms with Gasteiger partial charge in [-0.05, 0) is 49.6 Å². The van der Waals surface area contributed by atoms with Crippen molar-refractivity contribution in [2.75, 3.05) is 25.1 Å². The van der Waals surface area contributed by atoms with Gasteiger partial charge < -0.3 is 20.5 Å². The molecule has 1 aliphatic rings. The summed E-state index contributed by atoms with van der Waals surface area (Å²) in [4.78, 5) is 11.8. The third-order valence-corrected chi connectivity index (χ3v) is 6.55. The van der Waals surface area contributed by atoms with Crippen molar-refractivity contribution in [3.05, 3.63) is 60.2 Å². The summed E-state index contributed by atoms with van der Waals surface area (Å²) >= 11 is 0. The highest BCUT2D eigenvalue weighted by atomic mass is 19.1. The molecule has 2 aromatic heterocycles. The van der Waals surface area contributed by atoms with Gasteiger partial charge in [-0.25, -0.2) is 14.4 Å². The largest absolute Gasteiger partial charge is 0.504 e. The van der Waals surface area contributed by atoms with E-state index in [4.69, 9.17) is 15.5 Å². The van der Waals surface area contributed by atoms with E-state index in [9.17, 15) is 14.8 Å². The van der Waals surface area contributed by atoms with E-state index in [0.29, 0.717) is 39.7 Å². The van der Waals surface area contributed by atoms with Gasteiger partial charge >= 0.3 is 0 Å². The number of hydrogen-bond acceptors (Lipinski definition) is 7. The number of nitrogens with zero attached hydrogens (tertiary/aromatic N) is 5. The number of phenolic OH excluding ortho intramolecular Hbond substituents is 1. The number of aromatic hydroxyl groups is 1. The summed E-state index contributed by atoms with van der Waals surface area (Å²) in [7, 11) is 1.48. The number of piperidine rings is 1. The van der Waals surface area contributed by atoms with Crippen molar-refractivity contribution in [3.8, 4) is 40.0 Å². The van der Waals surface area contributed by atoms with Crippen LogP contribution in [0.5, 0.6) is 11.5 Å². The second-order valence-electron chi connectivity index (χ2n) is 9.09. The van der Waals surface area contributed by atoms with Crippen LogP contribution in [0.2, 0.25) is 0 Å². The van der Waals surface area contributed by atoms with E-state index in [0.717, 1.165) is 25.9 Å². The first-order valence-corrected chi connectivity index (χ1v) is 11.3. The van der Waals surface area contributed by atoms with Gasteiger partial charge in [-0.1, -0.05) is 12.1 Å². The van der Waals surface area contributed by atoms with Crippen LogP contribution in [0.1, 0.15) is 25.3 Å². The average Bonchev–Trinajstić information content (AvgIpc) is 3.33. The van der Waals surface area contributed by atoms with E-state index in [1.165, 1.54) is 19.2 Å². The van der Waals surface area contributed by atoms with E-state index < -0.39 is 5.82 Å². The number of imidazole rings is 1. The number of ether oxygens (including phenoxy) is 1. The molecule has 2 aromatic carbocycles. The normalized spacial score (nSPS) is 15.2. The second kappa shape index (κ2) is 8.56. The number of methoxy groups -OCH3 is 1. The van der Waals surface area contributed by atoms with Gasteiger partial charge in [0.25, 0.3) is 0 Å². The zero-order chi connectivity index (χ0) is 24.7. The summed E-state index contributed by atoms with van der Waals surface area (Å²) in [5.41, 5.74) is 8.95. The molecule has 0 radical (unpaired) electrons. The molecule has 3 heterocycles. The van der Waals surface area contributed by atoms with Gasteiger partial charge in [-0.15, -0.1) is 0 Å². The molecule has 3 N–H and O–H groups in total. The third kappa shape index (κ3) is 4.02. The number of benzene rings is 2. The highest BCUT2D eigenvalue weighted by molar-refractivity contribution is 5.91. The van der Waals surface area contributed by atoms with Crippen LogP contribution in [0.4, 0.5) is 10.3 Å². The van der Waals surface area contributed by atoms with Crippen LogP contribution in [0, 0.1) is 17.1 Å². The molecule has 178 valence electrons. The first kappa shape index (κ1) is 22.6. The lowest BCUT2D eigenvalue weighted by atomic mass is 9.91. The Kier molecular flexibility index (Phi) is 5.53. The maximum absolute atomic E-state index is 14.7. The van der Waals surface area contributed by atoms with Crippen molar-refractivity contribution < 1.29 is 14.2 Å². The predicted molar refractivity (Wildman–Crippen MR) is 131 cm³/mol. The first-order valence-electron chi connectivity index (χ1n) is 11.3. The summed E-state index contributed by atoms with van der Waals surface area (Å²) in [5.74, 6) is 0.349. The topological polar surface area (TPSA) is 113 Å². The Bertz CT molecular complexity index is 1460. The lowest BCUT2D eigenvalue weighted by molar-refractivity contribution is 0.361. The number of aromatic nitrogens is 3. The molecule has 0 unspecified atom stereocenters. The maximum atomic E-state index is 14.7. The van der Waals surface area contributed by atoms with Crippen LogP contribution < -0.4 is 15.4 Å². The van der Waals surface area contributed by atoms with Gasteiger partial charge in [0.05, 0.1) is 23.9 Å². The average molecular weight is 473 g/mol. The van der Waals surface area contributed by atoms with Crippen LogP contribution in [0.3, 0.4) is 0 Å². The smallest absolute Gasteiger partial charge is 0.211 e. The summed E-state index contributed by atoms with van der Waals surface area (Å²) < 4.78 is 21.8. The van der Waals surface area contributed by atoms with Gasteiger partial charge in [0, 0.05) is 36.6 Å². The Balaban J connectivity index is 1.76. The minimum atomic E-state index is -0.628. The quantitative estimate of drug-likeness (QED) is 0.460. The fourth-order valence-corrected chi connectivity index (χ4v) is 4.48. The Hall–Kier alpha value is -4.16. The Labute approximate surface area is 202 Å². The molecule has 0 spiro atoms. The highest BCUT2D eigenvalue weighted by Gasteiger charge is 2.29. The van der Waals surface area contributed by atoms with Crippen molar-refractivity contribution in [1.29, 1.82) is 5.26 Å². The Morgan fingerprint density at radius 2 is 1.91 bits per heavy atom. The zero-order valence-electron chi connectivity index (χ0n) is 19.5. The number of nitrogens with two attached hydrogens (primary N) is 1. The minimum absolute atomic E-state index is 0.0333. The van der Waals surface area contributed by atoms with Crippen molar-refractivity contribution in [1.82, 2.24) is 14.4 Å². The minimum Gasteiger partial charge on any atom is -0.504 e. The van der Waals surface area contributed by atoms with Gasteiger partial charge in [-0.2, -0.15) is 5.26 Å². The van der Waals surface area contributed by atoms with Gasteiger partial charge in [-0.3, -0.25) is 4.40 Å². The molecule has 0 bridgehead atoms. The molecule has 8 nitrogen and oxygen atoms in total. The molecule has 9 heteroatoms. The molecule has 0 aliphatic carbocycles. The fraction of sp³-hybridized carbons (Fsp3) is 0.269. The number of phenols is 1. The standard InChI is InChI=1S/C26H25FN6O2/c1-26(29)7-10-32(11-8-26)25-31-23(17-3-4-18(15-28)19(27)13-17)22(24-30-9-12-33(24)25)16-5-6-21(35-2)20(34)14-16/h3-6,9,12-14,34H,7-8,10-11,29H2,1-2H3. The monoisotopic (exact) mass is 472 g/mol. The molecule has 0 amide bonds. The number of nitriles is 1. The van der Waals surface area contributed by atoms with Crippen molar-refractivity contribution >= 4 is 11.6 Å². The predicted octanol–water partition coefficient (Wildman–Crippen LogP) is 4.11. The summed E-state index contributed by atoms with van der Waals surface area (Å²) in [5, 5.41) is 19.7. The summed E-state index contributed by atoms with van der Waals surface area (Å²) in [6, 6.07) is 11.3. The van der Waals surface area contributed by atoms with E-state index in [1.807, 2.05) is 16.7 Å². The van der Waals surface area contributed by atoms with Crippen molar-refractivity contribution in [2.24, 2.45) is 5.73 Å². The SMILES string of the molecule is COc1ccc(-c2c(-c3ccc(C#N)c(F)c3)nc(N3CCC(C)(N)CC3)n3ccnc23)cc1O. The molecule has 35 heavy (non-hydrogen) atoms. The molecular weight excluding hydrogens is 447 g/mol. The van der Waals surface area contributed by atoms with Gasteiger partial charge in [0.2, 0.25) is 5.95 Å². The number of anilines is 1. The molecule has 0 atom stereocenters. The molecule has 5 rings (SSSR count). The maximum Gasteiger partial charge on any atom is 0.211 e. The van der Waals surface area contributed by atoms with E-state index >= 15 is 0 Å². The molecule has 1 fully saturated rings. The van der Waals surface area contributed by atoms with Crippen molar-refractivity contribution in [2.45, 2.75) is 25.3 Å². The summed E-state index contributed by atoms with van der Waals surface area (Å²) in [6.45, 7) is 3.49. The van der Waals surface area contributed by atoms with Gasteiger partial charge in [0.1, 0.15) is 17.5 Å². The zero-order valence-corrected chi connectivity index (χ0v) is 19.5. The first-order chi connectivity index (χ1) is 16.8. The molecule has 1 aliphatic heterocycles. The molecule has 0 saturated carbocycles. The van der Waals surface area contributed by atoms with Crippen molar-refractivity contribution in [3.63, 3.8) is 0 Å². The van der Waals surface area contributed by atoms with E-state index in [-0.39, 0.29) is 16.9 Å². The van der Waals surface area contributed by atoms with Gasteiger partial charge in [0.15, 0.2) is 11.5 Å². The number of halogens is 1. The number of rotatable bonds is 4. The highest BCUT2D eigenvalue weighted by Crippen LogP contribution is 2.40. The lowest BCUT2D eigenvalue weighted by Gasteiger charge is -2.37. The number of hydrogen-bond donors (Lipinski definition) is 2. The molecular formula is C26H25FN6O2. The fourth-order valence-electron chi connectivity index (χ4n) is 4.48. The lowest BCUT2D eigenvalue weighted by Crippen LogP contribution is -2.48. The Morgan fingerprint density at radius 3 is 2.57 bits per heavy atom. The van der Waals surface area contributed by atoms with Crippen LogP contribution in [-0.2, 0) is 0 Å². The Morgan fingerprint density at radius 1 is 1.17 bits per heavy atom. The van der Waals surface area contributed by atoms with Crippen LogP contribution in [0.15, 0.2) is 48.8 Å². The van der Waals surface area contributed by atoms with E-state index in [1.54, 1.807) is 30.5 Å².